The summed E-state index contributed by atoms with van der Waals surface area (Å²) in [6, 6.07) is 10.9. The van der Waals surface area contributed by atoms with Crippen LogP contribution >= 0.6 is 0 Å². The van der Waals surface area contributed by atoms with Crippen LogP contribution in [0.2, 0.25) is 0 Å². The van der Waals surface area contributed by atoms with Gasteiger partial charge in [-0.05, 0) is 36.8 Å². The third-order valence-electron chi connectivity index (χ3n) is 4.98. The standard InChI is InChI=1S/C17H25N.C2H3N/c1-3-7-15(8-4-1)16-11-13-18(14-12-16)17-9-5-2-6-10-17;1-3-2/h2,5-6,9-10,15-16H,1,3-4,7-8,11-14H2;1H3. The number of para-hydroxylation sites is 1. The molecule has 0 spiro atoms. The van der Waals surface area contributed by atoms with E-state index in [1.807, 2.05) is 0 Å². The van der Waals surface area contributed by atoms with Gasteiger partial charge in [-0.3, -0.25) is 0 Å². The largest absolute Gasteiger partial charge is 0.372 e. The lowest BCUT2D eigenvalue weighted by Crippen LogP contribution is -2.36. The van der Waals surface area contributed by atoms with E-state index in [-0.39, 0.29) is 0 Å². The summed E-state index contributed by atoms with van der Waals surface area (Å²) in [6.07, 6.45) is 10.3. The number of piperidine rings is 1. The molecule has 1 heterocycles. The van der Waals surface area contributed by atoms with E-state index in [9.17, 15) is 0 Å². The van der Waals surface area contributed by atoms with Crippen molar-refractivity contribution in [2.45, 2.75) is 44.9 Å². The second-order valence-corrected chi connectivity index (χ2v) is 6.28. The Morgan fingerprint density at radius 2 is 1.43 bits per heavy atom. The van der Waals surface area contributed by atoms with E-state index in [4.69, 9.17) is 6.57 Å². The molecule has 1 saturated carbocycles. The monoisotopic (exact) mass is 284 g/mol. The van der Waals surface area contributed by atoms with Crippen LogP contribution in [0.15, 0.2) is 30.3 Å². The fourth-order valence-corrected chi connectivity index (χ4v) is 3.87. The molecule has 1 aliphatic carbocycles. The molecular weight excluding hydrogens is 256 g/mol. The van der Waals surface area contributed by atoms with Gasteiger partial charge >= 0.3 is 0 Å². The van der Waals surface area contributed by atoms with Gasteiger partial charge in [0, 0.05) is 18.8 Å². The van der Waals surface area contributed by atoms with Gasteiger partial charge in [0.25, 0.3) is 0 Å². The zero-order chi connectivity index (χ0) is 14.9. The molecule has 1 saturated heterocycles. The van der Waals surface area contributed by atoms with Crippen LogP contribution in [0.25, 0.3) is 4.85 Å². The summed E-state index contributed by atoms with van der Waals surface area (Å²) >= 11 is 0. The number of nitrogens with zero attached hydrogens (tertiary/aromatic N) is 2. The van der Waals surface area contributed by atoms with E-state index in [0.29, 0.717) is 0 Å². The minimum atomic E-state index is 1.02. The third kappa shape index (κ3) is 4.77. The summed E-state index contributed by atoms with van der Waals surface area (Å²) < 4.78 is 0. The van der Waals surface area contributed by atoms with Crippen LogP contribution in [0.5, 0.6) is 0 Å². The van der Waals surface area contributed by atoms with Gasteiger partial charge < -0.3 is 9.74 Å². The van der Waals surface area contributed by atoms with Gasteiger partial charge in [0.2, 0.25) is 7.05 Å². The molecule has 1 aromatic carbocycles. The molecule has 2 fully saturated rings. The van der Waals surface area contributed by atoms with Crippen LogP contribution in [0, 0.1) is 18.4 Å². The topological polar surface area (TPSA) is 7.60 Å². The third-order valence-corrected chi connectivity index (χ3v) is 4.98. The predicted octanol–water partition coefficient (Wildman–Crippen LogP) is 5.02. The summed E-state index contributed by atoms with van der Waals surface area (Å²) in [6.45, 7) is 8.37. The van der Waals surface area contributed by atoms with Crippen molar-refractivity contribution in [3.8, 4) is 0 Å². The van der Waals surface area contributed by atoms with Crippen LogP contribution < -0.4 is 4.90 Å². The quantitative estimate of drug-likeness (QED) is 0.692. The molecule has 0 amide bonds. The van der Waals surface area contributed by atoms with Gasteiger partial charge in [0.1, 0.15) is 0 Å². The highest BCUT2D eigenvalue weighted by Crippen LogP contribution is 2.36. The van der Waals surface area contributed by atoms with Gasteiger partial charge in [0.15, 0.2) is 0 Å². The Balaban J connectivity index is 0.000000497. The number of benzene rings is 1. The average molecular weight is 284 g/mol. The summed E-state index contributed by atoms with van der Waals surface area (Å²) in [5.74, 6) is 2.07. The van der Waals surface area contributed by atoms with Gasteiger partial charge in [-0.2, -0.15) is 0 Å². The van der Waals surface area contributed by atoms with Gasteiger partial charge in [0.05, 0.1) is 0 Å². The molecule has 0 radical (unpaired) electrons. The van der Waals surface area contributed by atoms with Crippen LogP contribution in [-0.4, -0.2) is 20.1 Å². The lowest BCUT2D eigenvalue weighted by atomic mass is 9.76. The highest BCUT2D eigenvalue weighted by Gasteiger charge is 2.27. The average Bonchev–Trinajstić information content (AvgIpc) is 2.57. The molecule has 0 atom stereocenters. The predicted molar refractivity (Wildman–Crippen MR) is 90.5 cm³/mol. The Labute approximate surface area is 130 Å². The summed E-state index contributed by atoms with van der Waals surface area (Å²) in [7, 11) is 1.42. The molecule has 1 aromatic rings. The zero-order valence-corrected chi connectivity index (χ0v) is 13.3. The Kier molecular flexibility index (Phi) is 6.60. The Morgan fingerprint density at radius 3 is 2.00 bits per heavy atom. The Hall–Kier alpha value is -1.49. The molecule has 0 bridgehead atoms. The Bertz CT molecular complexity index is 421. The van der Waals surface area contributed by atoms with Crippen LogP contribution in [-0.2, 0) is 0 Å². The maximum absolute atomic E-state index is 5.83. The smallest absolute Gasteiger partial charge is 0.205 e. The molecule has 0 unspecified atom stereocenters. The van der Waals surface area contributed by atoms with Crippen molar-refractivity contribution < 1.29 is 0 Å². The van der Waals surface area contributed by atoms with E-state index >= 15 is 0 Å². The van der Waals surface area contributed by atoms with Gasteiger partial charge in [-0.25, -0.2) is 6.57 Å². The highest BCUT2D eigenvalue weighted by atomic mass is 15.1. The van der Waals surface area contributed by atoms with E-state index in [1.54, 1.807) is 0 Å². The molecular formula is C19H28N2. The molecule has 1 aliphatic heterocycles. The minimum Gasteiger partial charge on any atom is -0.372 e. The SMILES string of the molecule is [C-]#[N+]C.c1ccc(N2CCC(C3CCCCC3)CC2)cc1. The normalized spacial score (nSPS) is 20.3. The molecule has 3 rings (SSSR count). The lowest BCUT2D eigenvalue weighted by molar-refractivity contribution is 0.213. The van der Waals surface area contributed by atoms with E-state index < -0.39 is 0 Å². The Morgan fingerprint density at radius 1 is 0.905 bits per heavy atom. The summed E-state index contributed by atoms with van der Waals surface area (Å²) in [4.78, 5) is 5.32. The fourth-order valence-electron chi connectivity index (χ4n) is 3.87. The van der Waals surface area contributed by atoms with Crippen LogP contribution in [0.4, 0.5) is 5.69 Å². The van der Waals surface area contributed by atoms with Crippen molar-refractivity contribution >= 4 is 5.69 Å². The maximum atomic E-state index is 5.83. The molecule has 0 aromatic heterocycles. The molecule has 2 aliphatic rings. The van der Waals surface area contributed by atoms with Crippen molar-refractivity contribution in [2.24, 2.45) is 11.8 Å². The number of hydrogen-bond acceptors (Lipinski definition) is 1. The van der Waals surface area contributed by atoms with Gasteiger partial charge in [-0.15, -0.1) is 0 Å². The minimum absolute atomic E-state index is 1.02. The molecule has 2 heteroatoms. The summed E-state index contributed by atoms with van der Waals surface area (Å²) in [5.41, 5.74) is 1.42. The van der Waals surface area contributed by atoms with E-state index in [0.717, 1.165) is 11.8 Å². The van der Waals surface area contributed by atoms with Crippen molar-refractivity contribution in [1.82, 2.24) is 0 Å². The first-order chi connectivity index (χ1) is 10.3. The van der Waals surface area contributed by atoms with Crippen LogP contribution in [0.1, 0.15) is 44.9 Å². The fraction of sp³-hybridized carbons (Fsp3) is 0.632. The van der Waals surface area contributed by atoms with E-state index in [1.165, 1.54) is 70.8 Å². The first-order valence-electron chi connectivity index (χ1n) is 8.40. The number of hydrogen-bond donors (Lipinski definition) is 0. The highest BCUT2D eigenvalue weighted by molar-refractivity contribution is 5.46. The van der Waals surface area contributed by atoms with Crippen molar-refractivity contribution in [2.75, 3.05) is 25.0 Å². The maximum Gasteiger partial charge on any atom is 0.205 e. The van der Waals surface area contributed by atoms with Crippen LogP contribution in [0.3, 0.4) is 0 Å². The molecule has 2 nitrogen and oxygen atoms in total. The second-order valence-electron chi connectivity index (χ2n) is 6.28. The van der Waals surface area contributed by atoms with Crippen molar-refractivity contribution in [3.63, 3.8) is 0 Å². The summed E-state index contributed by atoms with van der Waals surface area (Å²) in [5, 5.41) is 0. The lowest BCUT2D eigenvalue weighted by Gasteiger charge is -2.38. The van der Waals surface area contributed by atoms with E-state index in [2.05, 4.69) is 40.1 Å². The first-order valence-corrected chi connectivity index (χ1v) is 8.40. The van der Waals surface area contributed by atoms with Crippen molar-refractivity contribution in [1.29, 1.82) is 0 Å². The number of rotatable bonds is 2. The van der Waals surface area contributed by atoms with Crippen molar-refractivity contribution in [3.05, 3.63) is 41.7 Å². The molecule has 21 heavy (non-hydrogen) atoms. The number of anilines is 1. The first kappa shape index (κ1) is 15.9. The second kappa shape index (κ2) is 8.72. The molecule has 114 valence electrons. The molecule has 0 N–H and O–H groups in total. The zero-order valence-electron chi connectivity index (χ0n) is 13.3. The van der Waals surface area contributed by atoms with Gasteiger partial charge in [-0.1, -0.05) is 50.3 Å².